The number of benzene rings is 1. The molecule has 0 aliphatic rings. The third-order valence-corrected chi connectivity index (χ3v) is 3.10. The molecule has 0 amide bonds. The SMILES string of the molecule is CCCOc1ccccc1-n1nc(C(=O)O)cc1C(C)C. The van der Waals surface area contributed by atoms with Gasteiger partial charge in [-0.2, -0.15) is 5.10 Å². The summed E-state index contributed by atoms with van der Waals surface area (Å²) < 4.78 is 7.40. The van der Waals surface area contributed by atoms with Crippen molar-refractivity contribution in [2.24, 2.45) is 0 Å². The maximum absolute atomic E-state index is 11.2. The summed E-state index contributed by atoms with van der Waals surface area (Å²) in [6.07, 6.45) is 0.908. The predicted molar refractivity (Wildman–Crippen MR) is 80.4 cm³/mol. The van der Waals surface area contributed by atoms with Crippen molar-refractivity contribution in [2.75, 3.05) is 6.61 Å². The minimum atomic E-state index is -1.03. The number of hydrogen-bond donors (Lipinski definition) is 1. The topological polar surface area (TPSA) is 64.4 Å². The summed E-state index contributed by atoms with van der Waals surface area (Å²) in [5.41, 5.74) is 1.66. The van der Waals surface area contributed by atoms with Crippen LogP contribution in [0.5, 0.6) is 5.75 Å². The molecular formula is C16H20N2O3. The molecule has 5 heteroatoms. The largest absolute Gasteiger partial charge is 0.491 e. The van der Waals surface area contributed by atoms with Crippen molar-refractivity contribution < 1.29 is 14.6 Å². The summed E-state index contributed by atoms with van der Waals surface area (Å²) >= 11 is 0. The van der Waals surface area contributed by atoms with E-state index in [-0.39, 0.29) is 11.6 Å². The lowest BCUT2D eigenvalue weighted by molar-refractivity contribution is 0.0690. The van der Waals surface area contributed by atoms with E-state index in [0.29, 0.717) is 12.4 Å². The Balaban J connectivity index is 2.52. The molecule has 0 saturated carbocycles. The molecule has 0 bridgehead atoms. The number of aromatic carboxylic acids is 1. The first-order valence-electron chi connectivity index (χ1n) is 7.10. The van der Waals surface area contributed by atoms with Crippen LogP contribution in [0.25, 0.3) is 5.69 Å². The van der Waals surface area contributed by atoms with Crippen LogP contribution >= 0.6 is 0 Å². The minimum absolute atomic E-state index is 0.0454. The van der Waals surface area contributed by atoms with Gasteiger partial charge in [0.05, 0.1) is 6.61 Å². The molecule has 0 fully saturated rings. The van der Waals surface area contributed by atoms with Crippen molar-refractivity contribution >= 4 is 5.97 Å². The summed E-state index contributed by atoms with van der Waals surface area (Å²) in [4.78, 5) is 11.2. The number of aromatic nitrogens is 2. The fourth-order valence-corrected chi connectivity index (χ4v) is 2.07. The number of carboxylic acid groups (broad SMARTS) is 1. The van der Waals surface area contributed by atoms with Gasteiger partial charge in [-0.15, -0.1) is 0 Å². The Morgan fingerprint density at radius 3 is 2.71 bits per heavy atom. The van der Waals surface area contributed by atoms with E-state index in [9.17, 15) is 4.79 Å². The van der Waals surface area contributed by atoms with Crippen molar-refractivity contribution in [3.63, 3.8) is 0 Å². The second-order valence-corrected chi connectivity index (χ2v) is 5.14. The highest BCUT2D eigenvalue weighted by atomic mass is 16.5. The first-order valence-corrected chi connectivity index (χ1v) is 7.10. The van der Waals surface area contributed by atoms with E-state index < -0.39 is 5.97 Å². The van der Waals surface area contributed by atoms with Crippen LogP contribution in [-0.4, -0.2) is 27.5 Å². The highest BCUT2D eigenvalue weighted by Crippen LogP contribution is 2.27. The summed E-state index contributed by atoms with van der Waals surface area (Å²) in [6, 6.07) is 9.15. The van der Waals surface area contributed by atoms with Crippen LogP contribution in [0.2, 0.25) is 0 Å². The fourth-order valence-electron chi connectivity index (χ4n) is 2.07. The van der Waals surface area contributed by atoms with Crippen LogP contribution in [0.4, 0.5) is 0 Å². The van der Waals surface area contributed by atoms with Crippen LogP contribution in [0, 0.1) is 0 Å². The first kappa shape index (κ1) is 15.1. The van der Waals surface area contributed by atoms with Crippen molar-refractivity contribution in [2.45, 2.75) is 33.1 Å². The molecule has 1 aromatic heterocycles. The Labute approximate surface area is 124 Å². The average Bonchev–Trinajstić information content (AvgIpc) is 2.91. The molecule has 0 saturated heterocycles. The van der Waals surface area contributed by atoms with Crippen LogP contribution in [-0.2, 0) is 0 Å². The maximum Gasteiger partial charge on any atom is 0.356 e. The highest BCUT2D eigenvalue weighted by Gasteiger charge is 2.18. The average molecular weight is 288 g/mol. The van der Waals surface area contributed by atoms with E-state index in [1.54, 1.807) is 10.7 Å². The van der Waals surface area contributed by atoms with E-state index in [0.717, 1.165) is 17.8 Å². The van der Waals surface area contributed by atoms with E-state index in [2.05, 4.69) is 5.10 Å². The number of para-hydroxylation sites is 2. The molecule has 2 rings (SSSR count). The fraction of sp³-hybridized carbons (Fsp3) is 0.375. The molecule has 0 aliphatic heterocycles. The van der Waals surface area contributed by atoms with Gasteiger partial charge in [0.15, 0.2) is 5.69 Å². The second-order valence-electron chi connectivity index (χ2n) is 5.14. The third-order valence-electron chi connectivity index (χ3n) is 3.10. The number of ether oxygens (including phenoxy) is 1. The Morgan fingerprint density at radius 2 is 2.10 bits per heavy atom. The zero-order valence-corrected chi connectivity index (χ0v) is 12.5. The minimum Gasteiger partial charge on any atom is -0.491 e. The number of hydrogen-bond acceptors (Lipinski definition) is 3. The van der Waals surface area contributed by atoms with Gasteiger partial charge in [0, 0.05) is 5.69 Å². The summed E-state index contributed by atoms with van der Waals surface area (Å²) in [6.45, 7) is 6.67. The number of nitrogens with zero attached hydrogens (tertiary/aromatic N) is 2. The molecule has 0 spiro atoms. The standard InChI is InChI=1S/C16H20N2O3/c1-4-9-21-15-8-6-5-7-13(15)18-14(11(2)3)10-12(17-18)16(19)20/h5-8,10-11H,4,9H2,1-3H3,(H,19,20). The van der Waals surface area contributed by atoms with E-state index in [1.165, 1.54) is 0 Å². The molecule has 5 nitrogen and oxygen atoms in total. The Hall–Kier alpha value is -2.30. The highest BCUT2D eigenvalue weighted by molar-refractivity contribution is 5.85. The van der Waals surface area contributed by atoms with E-state index in [4.69, 9.17) is 9.84 Å². The zero-order valence-electron chi connectivity index (χ0n) is 12.5. The van der Waals surface area contributed by atoms with Gasteiger partial charge >= 0.3 is 5.97 Å². The van der Waals surface area contributed by atoms with E-state index >= 15 is 0 Å². The van der Waals surface area contributed by atoms with Crippen molar-refractivity contribution in [3.8, 4) is 11.4 Å². The van der Waals surface area contributed by atoms with Gasteiger partial charge in [0.2, 0.25) is 0 Å². The predicted octanol–water partition coefficient (Wildman–Crippen LogP) is 3.48. The van der Waals surface area contributed by atoms with Crippen LogP contribution in [0.15, 0.2) is 30.3 Å². The lowest BCUT2D eigenvalue weighted by Gasteiger charge is -2.14. The smallest absolute Gasteiger partial charge is 0.356 e. The molecule has 112 valence electrons. The van der Waals surface area contributed by atoms with E-state index in [1.807, 2.05) is 45.0 Å². The van der Waals surface area contributed by atoms with Crippen LogP contribution < -0.4 is 4.74 Å². The normalized spacial score (nSPS) is 10.9. The summed E-state index contributed by atoms with van der Waals surface area (Å²) in [7, 11) is 0. The van der Waals surface area contributed by atoms with Crippen molar-refractivity contribution in [1.82, 2.24) is 9.78 Å². The zero-order chi connectivity index (χ0) is 15.4. The lowest BCUT2D eigenvalue weighted by Crippen LogP contribution is -2.07. The second kappa shape index (κ2) is 6.43. The summed E-state index contributed by atoms with van der Waals surface area (Å²) in [5, 5.41) is 13.4. The molecule has 1 N–H and O–H groups in total. The molecule has 0 radical (unpaired) electrons. The number of carboxylic acids is 1. The monoisotopic (exact) mass is 288 g/mol. The lowest BCUT2D eigenvalue weighted by atomic mass is 10.1. The quantitative estimate of drug-likeness (QED) is 0.883. The molecule has 1 heterocycles. The van der Waals surface area contributed by atoms with Gasteiger partial charge in [-0.3, -0.25) is 0 Å². The third kappa shape index (κ3) is 3.24. The van der Waals surface area contributed by atoms with Gasteiger partial charge < -0.3 is 9.84 Å². The number of rotatable bonds is 6. The van der Waals surface area contributed by atoms with Gasteiger partial charge in [0.25, 0.3) is 0 Å². The Bertz CT molecular complexity index is 632. The van der Waals surface area contributed by atoms with Crippen LogP contribution in [0.1, 0.15) is 49.3 Å². The van der Waals surface area contributed by atoms with Gasteiger partial charge in [-0.05, 0) is 30.5 Å². The maximum atomic E-state index is 11.2. The molecular weight excluding hydrogens is 268 g/mol. The Morgan fingerprint density at radius 1 is 1.38 bits per heavy atom. The summed E-state index contributed by atoms with van der Waals surface area (Å²) in [5.74, 6) is -0.159. The first-order chi connectivity index (χ1) is 10.0. The molecule has 0 unspecified atom stereocenters. The van der Waals surface area contributed by atoms with Gasteiger partial charge in [-0.1, -0.05) is 32.9 Å². The molecule has 21 heavy (non-hydrogen) atoms. The molecule has 2 aromatic rings. The van der Waals surface area contributed by atoms with Gasteiger partial charge in [-0.25, -0.2) is 9.48 Å². The Kier molecular flexibility index (Phi) is 4.62. The van der Waals surface area contributed by atoms with Gasteiger partial charge in [0.1, 0.15) is 11.4 Å². The molecule has 1 aromatic carbocycles. The van der Waals surface area contributed by atoms with Crippen LogP contribution in [0.3, 0.4) is 0 Å². The van der Waals surface area contributed by atoms with Crippen molar-refractivity contribution in [1.29, 1.82) is 0 Å². The number of carbonyl (C=O) groups is 1. The molecule has 0 aliphatic carbocycles. The molecule has 0 atom stereocenters. The van der Waals surface area contributed by atoms with Crippen molar-refractivity contribution in [3.05, 3.63) is 41.7 Å².